The fourth-order valence-corrected chi connectivity index (χ4v) is 8.49. The molecule has 0 bridgehead atoms. The zero-order chi connectivity index (χ0) is 26.2. The number of aromatic nitrogens is 2. The van der Waals surface area contributed by atoms with Crippen LogP contribution in [0.15, 0.2) is 72.9 Å². The van der Waals surface area contributed by atoms with Gasteiger partial charge in [-0.3, -0.25) is 0 Å². The van der Waals surface area contributed by atoms with Gasteiger partial charge in [0.05, 0.1) is 30.5 Å². The summed E-state index contributed by atoms with van der Waals surface area (Å²) in [6, 6.07) is 20.7. The SMILES string of the molecule is [C-]#[N+]C1CN(S(=O)(=O)N2C[C@H]3[C@H](c4ccccc4)[C@@]3(c3cc4cnn(-c5ccc(F)cc5)c4cc3C)C2)C1. The van der Waals surface area contributed by atoms with Crippen LogP contribution in [-0.4, -0.2) is 59.0 Å². The number of halogens is 1. The van der Waals surface area contributed by atoms with Crippen LogP contribution in [0.4, 0.5) is 4.39 Å². The Bertz CT molecular complexity index is 1710. The van der Waals surface area contributed by atoms with Gasteiger partial charge < -0.3 is 4.85 Å². The third-order valence-corrected chi connectivity index (χ3v) is 10.5. The molecule has 38 heavy (non-hydrogen) atoms. The van der Waals surface area contributed by atoms with Gasteiger partial charge in [0.25, 0.3) is 16.3 Å². The molecule has 4 aromatic rings. The molecule has 0 N–H and O–H groups in total. The average molecular weight is 528 g/mol. The van der Waals surface area contributed by atoms with E-state index in [-0.39, 0.29) is 42.2 Å². The molecule has 1 aliphatic carbocycles. The van der Waals surface area contributed by atoms with E-state index >= 15 is 0 Å². The molecule has 0 unspecified atom stereocenters. The van der Waals surface area contributed by atoms with Crippen LogP contribution in [0.3, 0.4) is 0 Å². The van der Waals surface area contributed by atoms with Crippen molar-refractivity contribution in [1.82, 2.24) is 18.4 Å². The van der Waals surface area contributed by atoms with Gasteiger partial charge in [0.15, 0.2) is 0 Å². The number of rotatable bonds is 5. The first-order chi connectivity index (χ1) is 18.3. The molecule has 192 valence electrons. The van der Waals surface area contributed by atoms with Gasteiger partial charge in [0.1, 0.15) is 5.82 Å². The maximum atomic E-state index is 13.5. The number of benzene rings is 3. The lowest BCUT2D eigenvalue weighted by atomic mass is 9.87. The summed E-state index contributed by atoms with van der Waals surface area (Å²) in [5, 5.41) is 5.55. The zero-order valence-electron chi connectivity index (χ0n) is 20.8. The van der Waals surface area contributed by atoms with Crippen molar-refractivity contribution < 1.29 is 12.8 Å². The minimum atomic E-state index is -3.61. The summed E-state index contributed by atoms with van der Waals surface area (Å²) in [4.78, 5) is 3.49. The second-order valence-electron chi connectivity index (χ2n) is 10.7. The van der Waals surface area contributed by atoms with E-state index in [1.807, 2.05) is 29.1 Å². The van der Waals surface area contributed by atoms with Crippen molar-refractivity contribution in [3.8, 4) is 5.69 Å². The monoisotopic (exact) mass is 527 g/mol. The average Bonchev–Trinajstić information content (AvgIpc) is 3.15. The lowest BCUT2D eigenvalue weighted by Crippen LogP contribution is -2.56. The Labute approximate surface area is 221 Å². The van der Waals surface area contributed by atoms with Gasteiger partial charge in [0.2, 0.25) is 0 Å². The summed E-state index contributed by atoms with van der Waals surface area (Å²) in [7, 11) is -3.61. The first kappa shape index (κ1) is 23.5. The predicted molar refractivity (Wildman–Crippen MR) is 143 cm³/mol. The van der Waals surface area contributed by atoms with Gasteiger partial charge in [-0.15, -0.1) is 0 Å². The summed E-state index contributed by atoms with van der Waals surface area (Å²) < 4.78 is 45.3. The molecule has 3 heterocycles. The van der Waals surface area contributed by atoms with Crippen LogP contribution in [0.25, 0.3) is 21.4 Å². The van der Waals surface area contributed by atoms with Crippen LogP contribution >= 0.6 is 0 Å². The minimum Gasteiger partial charge on any atom is -0.311 e. The quantitative estimate of drug-likeness (QED) is 0.364. The molecular weight excluding hydrogens is 501 g/mol. The van der Waals surface area contributed by atoms with E-state index in [0.717, 1.165) is 27.7 Å². The van der Waals surface area contributed by atoms with Gasteiger partial charge in [-0.25, -0.2) is 15.6 Å². The molecule has 2 saturated heterocycles. The lowest BCUT2D eigenvalue weighted by Gasteiger charge is -2.35. The van der Waals surface area contributed by atoms with E-state index in [1.54, 1.807) is 16.4 Å². The van der Waals surface area contributed by atoms with Crippen molar-refractivity contribution in [2.24, 2.45) is 5.92 Å². The maximum absolute atomic E-state index is 13.5. The fraction of sp³-hybridized carbons (Fsp3) is 0.310. The number of fused-ring (bicyclic) bond motifs is 2. The maximum Gasteiger partial charge on any atom is 0.282 e. The van der Waals surface area contributed by atoms with Crippen molar-refractivity contribution in [2.45, 2.75) is 24.3 Å². The minimum absolute atomic E-state index is 0.168. The molecule has 0 amide bonds. The molecule has 2 aliphatic heterocycles. The number of piperidine rings is 1. The smallest absolute Gasteiger partial charge is 0.282 e. The fourth-order valence-electron chi connectivity index (χ4n) is 6.71. The van der Waals surface area contributed by atoms with Crippen LogP contribution < -0.4 is 0 Å². The van der Waals surface area contributed by atoms with Crippen molar-refractivity contribution in [1.29, 1.82) is 0 Å². The van der Waals surface area contributed by atoms with Gasteiger partial charge >= 0.3 is 0 Å². The Morgan fingerprint density at radius 3 is 2.47 bits per heavy atom. The van der Waals surface area contributed by atoms with E-state index in [2.05, 4.69) is 41.1 Å². The van der Waals surface area contributed by atoms with Crippen LogP contribution in [0.5, 0.6) is 0 Å². The number of hydrogen-bond donors (Lipinski definition) is 0. The number of hydrogen-bond acceptors (Lipinski definition) is 3. The summed E-state index contributed by atoms with van der Waals surface area (Å²) in [5.74, 6) is 0.102. The van der Waals surface area contributed by atoms with Crippen LogP contribution in [0.1, 0.15) is 22.6 Å². The number of aryl methyl sites for hydroxylation is 1. The predicted octanol–water partition coefficient (Wildman–Crippen LogP) is 4.29. The third-order valence-electron chi connectivity index (χ3n) is 8.66. The number of nitrogens with zero attached hydrogens (tertiary/aromatic N) is 5. The molecule has 1 saturated carbocycles. The summed E-state index contributed by atoms with van der Waals surface area (Å²) in [6.07, 6.45) is 1.82. The summed E-state index contributed by atoms with van der Waals surface area (Å²) in [5.41, 5.74) is 4.85. The Morgan fingerprint density at radius 1 is 1.03 bits per heavy atom. The molecule has 3 fully saturated rings. The second-order valence-corrected chi connectivity index (χ2v) is 12.6. The summed E-state index contributed by atoms with van der Waals surface area (Å²) >= 11 is 0. The molecule has 3 aromatic carbocycles. The largest absolute Gasteiger partial charge is 0.311 e. The van der Waals surface area contributed by atoms with Crippen molar-refractivity contribution >= 4 is 21.1 Å². The highest BCUT2D eigenvalue weighted by Crippen LogP contribution is 2.70. The Balaban J connectivity index is 1.29. The normalized spacial score (nSPS) is 25.7. The molecule has 7 rings (SSSR count). The van der Waals surface area contributed by atoms with Gasteiger partial charge in [-0.05, 0) is 65.9 Å². The van der Waals surface area contributed by atoms with E-state index in [1.165, 1.54) is 22.0 Å². The molecule has 0 radical (unpaired) electrons. The third kappa shape index (κ3) is 3.30. The highest BCUT2D eigenvalue weighted by atomic mass is 32.2. The van der Waals surface area contributed by atoms with E-state index in [0.29, 0.717) is 13.1 Å². The Kier molecular flexibility index (Phi) is 5.08. The molecule has 3 atom stereocenters. The van der Waals surface area contributed by atoms with Crippen molar-refractivity contribution in [3.05, 3.63) is 107 Å². The van der Waals surface area contributed by atoms with Gasteiger partial charge in [-0.2, -0.15) is 22.1 Å². The lowest BCUT2D eigenvalue weighted by molar-refractivity contribution is 0.263. The van der Waals surface area contributed by atoms with Crippen LogP contribution in [-0.2, 0) is 15.6 Å². The first-order valence-electron chi connectivity index (χ1n) is 12.7. The highest BCUT2D eigenvalue weighted by molar-refractivity contribution is 7.86. The molecule has 3 aliphatic rings. The van der Waals surface area contributed by atoms with Gasteiger partial charge in [-0.1, -0.05) is 30.3 Å². The highest BCUT2D eigenvalue weighted by Gasteiger charge is 2.72. The standard InChI is InChI=1S/C29H26FN5O2S/c1-19-12-27-21(14-32-35(27)24-10-8-22(30)9-11-24)13-25(19)29-18-34(38(36,37)33-15-23(16-33)31-2)17-26(29)28(29)20-6-4-3-5-7-20/h3-14,23,26,28H,15-18H2,1H3/t26-,28-,29+/m0/s1. The van der Waals surface area contributed by atoms with E-state index < -0.39 is 10.2 Å². The molecule has 0 spiro atoms. The Morgan fingerprint density at radius 2 is 1.76 bits per heavy atom. The van der Waals surface area contributed by atoms with E-state index in [9.17, 15) is 12.8 Å². The van der Waals surface area contributed by atoms with Crippen molar-refractivity contribution in [3.63, 3.8) is 0 Å². The van der Waals surface area contributed by atoms with Crippen LogP contribution in [0.2, 0.25) is 0 Å². The topological polar surface area (TPSA) is 62.8 Å². The van der Waals surface area contributed by atoms with Crippen molar-refractivity contribution in [2.75, 3.05) is 26.2 Å². The summed E-state index contributed by atoms with van der Waals surface area (Å²) in [6.45, 7) is 10.7. The van der Waals surface area contributed by atoms with Crippen LogP contribution in [0, 0.1) is 25.2 Å². The van der Waals surface area contributed by atoms with Gasteiger partial charge in [0, 0.05) is 29.8 Å². The molecular formula is C29H26FN5O2S. The Hall–Kier alpha value is -3.58. The zero-order valence-corrected chi connectivity index (χ0v) is 21.6. The molecule has 7 nitrogen and oxygen atoms in total. The molecule has 9 heteroatoms. The van der Waals surface area contributed by atoms with E-state index in [4.69, 9.17) is 6.57 Å². The second kappa shape index (κ2) is 8.21. The molecule has 1 aromatic heterocycles. The first-order valence-corrected chi connectivity index (χ1v) is 14.1.